The first-order valence-corrected chi connectivity index (χ1v) is 7.14. The van der Waals surface area contributed by atoms with E-state index in [-0.39, 0.29) is 11.3 Å². The topological polar surface area (TPSA) is 20.3 Å². The Bertz CT molecular complexity index is 345. The molecule has 2 nitrogen and oxygen atoms in total. The average Bonchev–Trinajstić information content (AvgIpc) is 2.41. The molecule has 1 rings (SSSR count). The van der Waals surface area contributed by atoms with Crippen molar-refractivity contribution in [2.24, 2.45) is 0 Å². The predicted molar refractivity (Wildman–Crippen MR) is 85.9 cm³/mol. The van der Waals surface area contributed by atoms with Gasteiger partial charge in [-0.25, -0.2) is 0 Å². The number of hydrogen-bond donors (Lipinski definition) is 0. The molecule has 0 aliphatic rings. The molecule has 1 aromatic rings. The Morgan fingerprint density at radius 2 is 1.26 bits per heavy atom. The van der Waals surface area contributed by atoms with Crippen molar-refractivity contribution in [3.05, 3.63) is 35.4 Å². The molecule has 2 heteroatoms. The van der Waals surface area contributed by atoms with Crippen LogP contribution in [0, 0.1) is 0 Å². The van der Waals surface area contributed by atoms with E-state index in [1.165, 1.54) is 5.56 Å². The highest BCUT2D eigenvalue weighted by molar-refractivity contribution is 5.93. The van der Waals surface area contributed by atoms with Crippen LogP contribution in [0.25, 0.3) is 0 Å². The van der Waals surface area contributed by atoms with Gasteiger partial charge in [-0.05, 0) is 23.1 Å². The van der Waals surface area contributed by atoms with Crippen LogP contribution in [-0.4, -0.2) is 24.9 Å². The molecule has 0 aromatic heterocycles. The highest BCUT2D eigenvalue weighted by Crippen LogP contribution is 2.22. The zero-order valence-electron chi connectivity index (χ0n) is 14.2. The van der Waals surface area contributed by atoms with Crippen LogP contribution >= 0.6 is 0 Å². The van der Waals surface area contributed by atoms with Crippen molar-refractivity contribution in [2.45, 2.75) is 53.9 Å². The van der Waals surface area contributed by atoms with Gasteiger partial charge >= 0.3 is 0 Å². The fourth-order valence-corrected chi connectivity index (χ4v) is 1.37. The molecular weight excluding hydrogens is 234 g/mol. The van der Waals surface area contributed by atoms with Crippen molar-refractivity contribution < 1.29 is 4.79 Å². The highest BCUT2D eigenvalue weighted by atomic mass is 16.2. The second kappa shape index (κ2) is 9.60. The van der Waals surface area contributed by atoms with Gasteiger partial charge in [-0.15, -0.1) is 0 Å². The number of carbonyl (C=O) groups is 1. The summed E-state index contributed by atoms with van der Waals surface area (Å²) in [5.74, 6) is 0.0514. The summed E-state index contributed by atoms with van der Waals surface area (Å²) < 4.78 is 0. The van der Waals surface area contributed by atoms with E-state index in [1.54, 1.807) is 19.0 Å². The molecule has 0 aliphatic carbocycles. The minimum Gasteiger partial charge on any atom is -0.345 e. The standard InChI is InChI=1S/C13H19NO.2C2H6/c1-13(2,3)11-8-6-10(7-9-11)12(15)14(4)5;2*1-2/h6-9H,1-5H3;2*1-2H3. The van der Waals surface area contributed by atoms with E-state index in [4.69, 9.17) is 0 Å². The average molecular weight is 265 g/mol. The van der Waals surface area contributed by atoms with Crippen molar-refractivity contribution in [1.29, 1.82) is 0 Å². The zero-order chi connectivity index (χ0) is 15.6. The van der Waals surface area contributed by atoms with Gasteiger partial charge in [-0.3, -0.25) is 4.79 Å². The van der Waals surface area contributed by atoms with Gasteiger partial charge in [0.15, 0.2) is 0 Å². The van der Waals surface area contributed by atoms with Gasteiger partial charge in [-0.2, -0.15) is 0 Å². The van der Waals surface area contributed by atoms with E-state index < -0.39 is 0 Å². The molecule has 0 fully saturated rings. The van der Waals surface area contributed by atoms with E-state index in [9.17, 15) is 4.79 Å². The molecule has 1 aromatic carbocycles. The quantitative estimate of drug-likeness (QED) is 0.718. The molecule has 0 atom stereocenters. The summed E-state index contributed by atoms with van der Waals surface area (Å²) in [6, 6.07) is 7.83. The van der Waals surface area contributed by atoms with Gasteiger partial charge < -0.3 is 4.90 Å². The molecule has 0 saturated carbocycles. The van der Waals surface area contributed by atoms with Crippen LogP contribution in [-0.2, 0) is 5.41 Å². The number of carbonyl (C=O) groups excluding carboxylic acids is 1. The summed E-state index contributed by atoms with van der Waals surface area (Å²) >= 11 is 0. The summed E-state index contributed by atoms with van der Waals surface area (Å²) in [5, 5.41) is 0. The van der Waals surface area contributed by atoms with Crippen molar-refractivity contribution in [3.63, 3.8) is 0 Å². The molecule has 0 radical (unpaired) electrons. The number of benzene rings is 1. The minimum absolute atomic E-state index is 0.0514. The van der Waals surface area contributed by atoms with Gasteiger partial charge in [0, 0.05) is 19.7 Å². The summed E-state index contributed by atoms with van der Waals surface area (Å²) in [7, 11) is 3.53. The molecule has 110 valence electrons. The molecule has 0 aliphatic heterocycles. The summed E-state index contributed by atoms with van der Waals surface area (Å²) in [4.78, 5) is 13.2. The van der Waals surface area contributed by atoms with Crippen LogP contribution < -0.4 is 0 Å². The molecule has 0 N–H and O–H groups in total. The maximum absolute atomic E-state index is 11.6. The smallest absolute Gasteiger partial charge is 0.253 e. The lowest BCUT2D eigenvalue weighted by molar-refractivity contribution is 0.0827. The van der Waals surface area contributed by atoms with Gasteiger partial charge in [0.05, 0.1) is 0 Å². The second-order valence-corrected chi connectivity index (χ2v) is 5.03. The van der Waals surface area contributed by atoms with Crippen LogP contribution in [0.2, 0.25) is 0 Å². The fourth-order valence-electron chi connectivity index (χ4n) is 1.37. The molecule has 0 heterocycles. The molecule has 19 heavy (non-hydrogen) atoms. The van der Waals surface area contributed by atoms with E-state index >= 15 is 0 Å². The van der Waals surface area contributed by atoms with E-state index in [0.29, 0.717) is 0 Å². The first kappa shape index (κ1) is 20.0. The highest BCUT2D eigenvalue weighted by Gasteiger charge is 2.14. The van der Waals surface area contributed by atoms with Crippen molar-refractivity contribution in [3.8, 4) is 0 Å². The number of nitrogens with zero attached hydrogens (tertiary/aromatic N) is 1. The van der Waals surface area contributed by atoms with Crippen molar-refractivity contribution >= 4 is 5.91 Å². The van der Waals surface area contributed by atoms with Crippen molar-refractivity contribution in [1.82, 2.24) is 4.90 Å². The van der Waals surface area contributed by atoms with Crippen LogP contribution in [0.4, 0.5) is 0 Å². The lowest BCUT2D eigenvalue weighted by atomic mass is 9.86. The predicted octanol–water partition coefficient (Wildman–Crippen LogP) is 4.74. The Kier molecular flexibility index (Phi) is 10.1. The summed E-state index contributed by atoms with van der Waals surface area (Å²) in [6.45, 7) is 14.5. The first-order valence-electron chi connectivity index (χ1n) is 7.14. The minimum atomic E-state index is 0.0514. The number of hydrogen-bond acceptors (Lipinski definition) is 1. The van der Waals surface area contributed by atoms with Gasteiger partial charge in [0.2, 0.25) is 0 Å². The Labute approximate surface area is 119 Å². The van der Waals surface area contributed by atoms with Crippen LogP contribution in [0.15, 0.2) is 24.3 Å². The van der Waals surface area contributed by atoms with Gasteiger partial charge in [0.1, 0.15) is 0 Å². The number of amides is 1. The van der Waals surface area contributed by atoms with Crippen molar-refractivity contribution in [2.75, 3.05) is 14.1 Å². The third-order valence-electron chi connectivity index (χ3n) is 2.40. The molecule has 0 bridgehead atoms. The maximum atomic E-state index is 11.6. The summed E-state index contributed by atoms with van der Waals surface area (Å²) in [6.07, 6.45) is 0. The fraction of sp³-hybridized carbons (Fsp3) is 0.588. The Balaban J connectivity index is 0. The van der Waals surface area contributed by atoms with Crippen LogP contribution in [0.3, 0.4) is 0 Å². The molecular formula is C17H31NO. The Morgan fingerprint density at radius 1 is 0.895 bits per heavy atom. The SMILES string of the molecule is CC.CC.CN(C)C(=O)c1ccc(C(C)(C)C)cc1. The van der Waals surface area contributed by atoms with Crippen LogP contribution in [0.1, 0.15) is 64.4 Å². The molecule has 0 saturated heterocycles. The first-order chi connectivity index (χ1) is 8.82. The molecule has 0 unspecified atom stereocenters. The number of rotatable bonds is 1. The second-order valence-electron chi connectivity index (χ2n) is 5.03. The Hall–Kier alpha value is -1.31. The Morgan fingerprint density at radius 3 is 1.53 bits per heavy atom. The normalized spacial score (nSPS) is 9.53. The van der Waals surface area contributed by atoms with Crippen LogP contribution in [0.5, 0.6) is 0 Å². The lowest BCUT2D eigenvalue weighted by Gasteiger charge is -2.19. The monoisotopic (exact) mass is 265 g/mol. The third-order valence-corrected chi connectivity index (χ3v) is 2.40. The lowest BCUT2D eigenvalue weighted by Crippen LogP contribution is -2.21. The van der Waals surface area contributed by atoms with E-state index in [2.05, 4.69) is 20.8 Å². The zero-order valence-corrected chi connectivity index (χ0v) is 14.2. The largest absolute Gasteiger partial charge is 0.345 e. The molecule has 1 amide bonds. The maximum Gasteiger partial charge on any atom is 0.253 e. The molecule has 0 spiro atoms. The van der Waals surface area contributed by atoms with E-state index in [0.717, 1.165) is 5.56 Å². The van der Waals surface area contributed by atoms with E-state index in [1.807, 2.05) is 52.0 Å². The summed E-state index contributed by atoms with van der Waals surface area (Å²) in [5.41, 5.74) is 2.13. The third kappa shape index (κ3) is 7.00. The van der Waals surface area contributed by atoms with Gasteiger partial charge in [0.25, 0.3) is 5.91 Å². The van der Waals surface area contributed by atoms with Gasteiger partial charge in [-0.1, -0.05) is 60.6 Å².